The van der Waals surface area contributed by atoms with Crippen LogP contribution in [-0.2, 0) is 0 Å². The molecule has 1 aromatic rings. The number of hydrogen-bond donors (Lipinski definition) is 2. The molecule has 0 saturated heterocycles. The van der Waals surface area contributed by atoms with Crippen molar-refractivity contribution in [2.45, 2.75) is 31.8 Å². The van der Waals surface area contributed by atoms with E-state index in [1.54, 1.807) is 18.2 Å². The number of carbonyl (C=O) groups is 1. The monoisotopic (exact) mass is 345 g/mol. The minimum atomic E-state index is -0.454. The third kappa shape index (κ3) is 3.94. The van der Waals surface area contributed by atoms with E-state index < -0.39 is 6.10 Å². The lowest BCUT2D eigenvalue weighted by atomic mass is 10.0. The van der Waals surface area contributed by atoms with Crippen LogP contribution in [0.4, 0.5) is 0 Å². The fraction of sp³-hybridized carbons (Fsp3) is 0.500. The van der Waals surface area contributed by atoms with E-state index in [2.05, 4.69) is 21.2 Å². The topological polar surface area (TPSA) is 49.3 Å². The molecule has 1 unspecified atom stereocenters. The van der Waals surface area contributed by atoms with Crippen molar-refractivity contribution in [3.05, 3.63) is 33.3 Å². The Kier molecular flexibility index (Phi) is 5.25. The van der Waals surface area contributed by atoms with Crippen LogP contribution in [0.25, 0.3) is 0 Å². The summed E-state index contributed by atoms with van der Waals surface area (Å²) in [7, 11) is 0. The zero-order chi connectivity index (χ0) is 13.8. The van der Waals surface area contributed by atoms with Crippen LogP contribution in [0.2, 0.25) is 5.02 Å². The third-order valence-electron chi connectivity index (χ3n) is 3.59. The molecule has 19 heavy (non-hydrogen) atoms. The number of benzene rings is 1. The van der Waals surface area contributed by atoms with Gasteiger partial charge in [-0.1, -0.05) is 24.4 Å². The van der Waals surface area contributed by atoms with Gasteiger partial charge in [0.25, 0.3) is 5.91 Å². The predicted octanol–water partition coefficient (Wildman–Crippen LogP) is 3.38. The molecule has 1 aromatic carbocycles. The molecule has 1 aliphatic rings. The maximum absolute atomic E-state index is 12.0. The summed E-state index contributed by atoms with van der Waals surface area (Å²) in [5.41, 5.74) is 0.492. The zero-order valence-electron chi connectivity index (χ0n) is 10.5. The molecule has 5 heteroatoms. The highest BCUT2D eigenvalue weighted by Gasteiger charge is 2.23. The Morgan fingerprint density at radius 2 is 2.16 bits per heavy atom. The van der Waals surface area contributed by atoms with E-state index in [-0.39, 0.29) is 5.91 Å². The molecule has 3 nitrogen and oxygen atoms in total. The Balaban J connectivity index is 1.91. The quantitative estimate of drug-likeness (QED) is 0.878. The van der Waals surface area contributed by atoms with E-state index in [0.717, 1.165) is 12.8 Å². The van der Waals surface area contributed by atoms with Gasteiger partial charge >= 0.3 is 0 Å². The average Bonchev–Trinajstić information content (AvgIpc) is 2.92. The van der Waals surface area contributed by atoms with Crippen molar-refractivity contribution in [1.29, 1.82) is 0 Å². The lowest BCUT2D eigenvalue weighted by molar-refractivity contribution is 0.0840. The van der Waals surface area contributed by atoms with Crippen LogP contribution < -0.4 is 5.32 Å². The van der Waals surface area contributed by atoms with Gasteiger partial charge in [-0.3, -0.25) is 4.79 Å². The molecule has 0 aliphatic heterocycles. The summed E-state index contributed by atoms with van der Waals surface area (Å²) in [5.74, 6) is 0.106. The minimum absolute atomic E-state index is 0.216. The number of nitrogens with one attached hydrogen (secondary N) is 1. The van der Waals surface area contributed by atoms with E-state index in [9.17, 15) is 9.90 Å². The van der Waals surface area contributed by atoms with E-state index in [0.29, 0.717) is 27.5 Å². The van der Waals surface area contributed by atoms with Gasteiger partial charge in [0.1, 0.15) is 0 Å². The first-order chi connectivity index (χ1) is 9.08. The first-order valence-corrected chi connectivity index (χ1v) is 7.66. The van der Waals surface area contributed by atoms with Crippen LogP contribution in [0.5, 0.6) is 0 Å². The lowest BCUT2D eigenvalue weighted by Gasteiger charge is -2.18. The Labute approximate surface area is 126 Å². The van der Waals surface area contributed by atoms with Crippen LogP contribution in [0.3, 0.4) is 0 Å². The van der Waals surface area contributed by atoms with Crippen molar-refractivity contribution in [2.75, 3.05) is 6.54 Å². The minimum Gasteiger partial charge on any atom is -0.391 e. The predicted molar refractivity (Wildman–Crippen MR) is 79.5 cm³/mol. The average molecular weight is 347 g/mol. The van der Waals surface area contributed by atoms with Crippen LogP contribution >= 0.6 is 27.5 Å². The Morgan fingerprint density at radius 1 is 1.47 bits per heavy atom. The van der Waals surface area contributed by atoms with Crippen molar-refractivity contribution in [2.24, 2.45) is 5.92 Å². The fourth-order valence-electron chi connectivity index (χ4n) is 2.47. The maximum atomic E-state index is 12.0. The summed E-state index contributed by atoms with van der Waals surface area (Å²) in [6, 6.07) is 5.07. The van der Waals surface area contributed by atoms with Crippen LogP contribution in [0, 0.1) is 5.92 Å². The Morgan fingerprint density at radius 3 is 2.84 bits per heavy atom. The normalized spacial score (nSPS) is 17.4. The van der Waals surface area contributed by atoms with Crippen molar-refractivity contribution in [3.63, 3.8) is 0 Å². The highest BCUT2D eigenvalue weighted by molar-refractivity contribution is 9.10. The summed E-state index contributed by atoms with van der Waals surface area (Å²) < 4.78 is 0.699. The molecule has 2 N–H and O–H groups in total. The van der Waals surface area contributed by atoms with Gasteiger partial charge in [0, 0.05) is 16.0 Å². The number of aliphatic hydroxyl groups is 1. The molecule has 104 valence electrons. The second-order valence-electron chi connectivity index (χ2n) is 4.95. The van der Waals surface area contributed by atoms with Crippen molar-refractivity contribution < 1.29 is 9.90 Å². The first-order valence-electron chi connectivity index (χ1n) is 6.49. The number of rotatable bonds is 4. The van der Waals surface area contributed by atoms with Gasteiger partial charge in [-0.2, -0.15) is 0 Å². The molecule has 1 atom stereocenters. The van der Waals surface area contributed by atoms with Crippen molar-refractivity contribution >= 4 is 33.4 Å². The van der Waals surface area contributed by atoms with Gasteiger partial charge in [-0.15, -0.1) is 0 Å². The number of hydrogen-bond acceptors (Lipinski definition) is 2. The number of carbonyl (C=O) groups excluding carboxylic acids is 1. The summed E-state index contributed by atoms with van der Waals surface area (Å²) in [6.07, 6.45) is 4.00. The zero-order valence-corrected chi connectivity index (χ0v) is 12.9. The molecule has 1 aliphatic carbocycles. The third-order valence-corrected chi connectivity index (χ3v) is 4.52. The summed E-state index contributed by atoms with van der Waals surface area (Å²) in [4.78, 5) is 12.0. The van der Waals surface area contributed by atoms with E-state index in [4.69, 9.17) is 11.6 Å². The highest BCUT2D eigenvalue weighted by Crippen LogP contribution is 2.27. The summed E-state index contributed by atoms with van der Waals surface area (Å²) >= 11 is 9.20. The van der Waals surface area contributed by atoms with Gasteiger partial charge in [-0.05, 0) is 52.9 Å². The molecule has 0 heterocycles. The molecular formula is C14H17BrClNO2. The molecule has 1 saturated carbocycles. The lowest BCUT2D eigenvalue weighted by Crippen LogP contribution is -2.35. The second kappa shape index (κ2) is 6.73. The molecule has 0 bridgehead atoms. The highest BCUT2D eigenvalue weighted by atomic mass is 79.9. The van der Waals surface area contributed by atoms with Gasteiger partial charge in [0.2, 0.25) is 0 Å². The van der Waals surface area contributed by atoms with Crippen molar-refractivity contribution in [1.82, 2.24) is 5.32 Å². The molecule has 1 fully saturated rings. The molecule has 0 aromatic heterocycles. The first kappa shape index (κ1) is 14.8. The second-order valence-corrected chi connectivity index (χ2v) is 6.24. The van der Waals surface area contributed by atoms with E-state index in [1.807, 2.05) is 0 Å². The number of amides is 1. The van der Waals surface area contributed by atoms with E-state index >= 15 is 0 Å². The Bertz CT molecular complexity index is 461. The molecular weight excluding hydrogens is 330 g/mol. The van der Waals surface area contributed by atoms with Crippen molar-refractivity contribution in [3.8, 4) is 0 Å². The van der Waals surface area contributed by atoms with Crippen LogP contribution in [0.1, 0.15) is 36.0 Å². The standard InChI is InChI=1S/C14H17BrClNO2/c15-12-6-5-10(16)7-11(12)14(19)17-8-13(18)9-3-1-2-4-9/h5-7,9,13,18H,1-4,8H2,(H,17,19). The molecule has 1 amide bonds. The number of halogens is 2. The largest absolute Gasteiger partial charge is 0.391 e. The van der Waals surface area contributed by atoms with E-state index in [1.165, 1.54) is 12.8 Å². The van der Waals surface area contributed by atoms with Crippen LogP contribution in [0.15, 0.2) is 22.7 Å². The van der Waals surface area contributed by atoms with Gasteiger partial charge < -0.3 is 10.4 Å². The van der Waals surface area contributed by atoms with Gasteiger partial charge in [0.15, 0.2) is 0 Å². The smallest absolute Gasteiger partial charge is 0.252 e. The SMILES string of the molecule is O=C(NCC(O)C1CCCC1)c1cc(Cl)ccc1Br. The maximum Gasteiger partial charge on any atom is 0.252 e. The van der Waals surface area contributed by atoms with Gasteiger partial charge in [0.05, 0.1) is 11.7 Å². The molecule has 0 spiro atoms. The Hall–Kier alpha value is -0.580. The molecule has 2 rings (SSSR count). The summed E-state index contributed by atoms with van der Waals surface area (Å²) in [6.45, 7) is 0.294. The van der Waals surface area contributed by atoms with Crippen LogP contribution in [-0.4, -0.2) is 23.7 Å². The van der Waals surface area contributed by atoms with Gasteiger partial charge in [-0.25, -0.2) is 0 Å². The fourth-order valence-corrected chi connectivity index (χ4v) is 3.07. The molecule has 0 radical (unpaired) electrons. The summed E-state index contributed by atoms with van der Waals surface area (Å²) in [5, 5.41) is 13.3. The number of aliphatic hydroxyl groups excluding tert-OH is 1.